The number of hydrogen-bond donors (Lipinski definition) is 1. The molecule has 1 aromatic carbocycles. The third-order valence-electron chi connectivity index (χ3n) is 5.43. The fourth-order valence-corrected chi connectivity index (χ4v) is 3.75. The fourth-order valence-electron chi connectivity index (χ4n) is 3.75. The number of benzene rings is 1. The number of piperidine rings is 1. The molecule has 2 amide bonds. The Morgan fingerprint density at radius 3 is 2.46 bits per heavy atom. The van der Waals surface area contributed by atoms with Gasteiger partial charge in [-0.3, -0.25) is 14.3 Å². The van der Waals surface area contributed by atoms with Crippen molar-refractivity contribution in [1.82, 2.24) is 20.0 Å². The van der Waals surface area contributed by atoms with Crippen molar-refractivity contribution in [3.63, 3.8) is 0 Å². The highest BCUT2D eigenvalue weighted by atomic mass is 16.5. The molecule has 0 bridgehead atoms. The second-order valence-electron chi connectivity index (χ2n) is 7.43. The Bertz CT molecular complexity index is 823. The van der Waals surface area contributed by atoms with E-state index in [0.717, 1.165) is 12.1 Å². The quantitative estimate of drug-likeness (QED) is 0.828. The van der Waals surface area contributed by atoms with E-state index in [4.69, 9.17) is 4.74 Å². The summed E-state index contributed by atoms with van der Waals surface area (Å²) in [7, 11) is 3.45. The fraction of sp³-hybridized carbons (Fsp3) is 0.476. The molecular formula is C21H28N4O3. The number of carbonyl (C=O) groups excluding carboxylic acids is 2. The van der Waals surface area contributed by atoms with Crippen LogP contribution in [0.25, 0.3) is 0 Å². The van der Waals surface area contributed by atoms with Crippen LogP contribution in [0.3, 0.4) is 0 Å². The predicted octanol–water partition coefficient (Wildman–Crippen LogP) is 2.17. The average Bonchev–Trinajstić information content (AvgIpc) is 3.05. The highest BCUT2D eigenvalue weighted by Crippen LogP contribution is 2.27. The first-order chi connectivity index (χ1) is 13.4. The number of amides is 2. The number of rotatable bonds is 6. The number of nitrogens with zero attached hydrogens (tertiary/aromatic N) is 3. The van der Waals surface area contributed by atoms with E-state index in [1.807, 2.05) is 48.2 Å². The van der Waals surface area contributed by atoms with Gasteiger partial charge in [0.15, 0.2) is 0 Å². The molecule has 2 heterocycles. The van der Waals surface area contributed by atoms with E-state index in [9.17, 15) is 9.59 Å². The van der Waals surface area contributed by atoms with Gasteiger partial charge in [-0.2, -0.15) is 5.10 Å². The smallest absolute Gasteiger partial charge is 0.272 e. The minimum absolute atomic E-state index is 0.0159. The second-order valence-corrected chi connectivity index (χ2v) is 7.43. The van der Waals surface area contributed by atoms with E-state index in [-0.39, 0.29) is 17.4 Å². The minimum atomic E-state index is -0.373. The lowest BCUT2D eigenvalue weighted by atomic mass is 9.84. The summed E-state index contributed by atoms with van der Waals surface area (Å²) < 4.78 is 6.90. The van der Waals surface area contributed by atoms with Crippen LogP contribution in [0.1, 0.15) is 45.8 Å². The summed E-state index contributed by atoms with van der Waals surface area (Å²) in [6.45, 7) is 3.61. The van der Waals surface area contributed by atoms with Crippen LogP contribution in [0.15, 0.2) is 36.4 Å². The molecule has 7 nitrogen and oxygen atoms in total. The lowest BCUT2D eigenvalue weighted by molar-refractivity contribution is 0.0551. The molecule has 1 saturated heterocycles. The van der Waals surface area contributed by atoms with Gasteiger partial charge in [-0.25, -0.2) is 0 Å². The Balaban J connectivity index is 1.69. The summed E-state index contributed by atoms with van der Waals surface area (Å²) in [4.78, 5) is 27.4. The van der Waals surface area contributed by atoms with Crippen LogP contribution < -0.4 is 5.32 Å². The molecule has 1 N–H and O–H groups in total. The maximum absolute atomic E-state index is 12.9. The van der Waals surface area contributed by atoms with Crippen LogP contribution in [0.5, 0.6) is 0 Å². The zero-order valence-corrected chi connectivity index (χ0v) is 16.8. The van der Waals surface area contributed by atoms with Gasteiger partial charge in [0, 0.05) is 45.0 Å². The highest BCUT2D eigenvalue weighted by Gasteiger charge is 2.37. The maximum atomic E-state index is 12.9. The molecular weight excluding hydrogens is 356 g/mol. The molecule has 28 heavy (non-hydrogen) atoms. The molecule has 0 saturated carbocycles. The maximum Gasteiger partial charge on any atom is 0.272 e. The van der Waals surface area contributed by atoms with E-state index in [1.54, 1.807) is 18.8 Å². The SMILES string of the molecule is COCCC1(NC(=O)c2ccccc2)CCN(C(=O)c2cc(C)nn2C)CC1. The first-order valence-electron chi connectivity index (χ1n) is 9.60. The van der Waals surface area contributed by atoms with Crippen molar-refractivity contribution < 1.29 is 14.3 Å². The summed E-state index contributed by atoms with van der Waals surface area (Å²) in [5.74, 6) is -0.100. The Morgan fingerprint density at radius 2 is 1.89 bits per heavy atom. The third-order valence-corrected chi connectivity index (χ3v) is 5.43. The average molecular weight is 384 g/mol. The van der Waals surface area contributed by atoms with Crippen LogP contribution in [0.4, 0.5) is 0 Å². The first kappa shape index (κ1) is 20.1. The number of aryl methyl sites for hydroxylation is 2. The summed E-state index contributed by atoms with van der Waals surface area (Å²) >= 11 is 0. The van der Waals surface area contributed by atoms with Gasteiger partial charge in [0.25, 0.3) is 11.8 Å². The number of hydrogen-bond acceptors (Lipinski definition) is 4. The number of aromatic nitrogens is 2. The highest BCUT2D eigenvalue weighted by molar-refractivity contribution is 5.95. The van der Waals surface area contributed by atoms with Crippen molar-refractivity contribution in [3.05, 3.63) is 53.3 Å². The monoisotopic (exact) mass is 384 g/mol. The molecule has 0 atom stereocenters. The molecule has 1 fully saturated rings. The Kier molecular flexibility index (Phi) is 6.14. The molecule has 0 unspecified atom stereocenters. The molecule has 1 aliphatic heterocycles. The Hall–Kier alpha value is -2.67. The van der Waals surface area contributed by atoms with Crippen molar-refractivity contribution in [2.45, 2.75) is 31.7 Å². The molecule has 1 aromatic heterocycles. The Morgan fingerprint density at radius 1 is 1.21 bits per heavy atom. The van der Waals surface area contributed by atoms with Crippen LogP contribution in [0, 0.1) is 6.92 Å². The zero-order chi connectivity index (χ0) is 20.1. The van der Waals surface area contributed by atoms with E-state index in [2.05, 4.69) is 10.4 Å². The van der Waals surface area contributed by atoms with Crippen molar-refractivity contribution in [1.29, 1.82) is 0 Å². The zero-order valence-electron chi connectivity index (χ0n) is 16.8. The van der Waals surface area contributed by atoms with Gasteiger partial charge >= 0.3 is 0 Å². The van der Waals surface area contributed by atoms with E-state index < -0.39 is 0 Å². The standard InChI is InChI=1S/C21H28N4O3/c1-16-15-18(24(2)23-16)20(27)25-12-9-21(10-13-25,11-14-28-3)22-19(26)17-7-5-4-6-8-17/h4-8,15H,9-14H2,1-3H3,(H,22,26). The van der Waals surface area contributed by atoms with Crippen molar-refractivity contribution in [2.75, 3.05) is 26.8 Å². The third kappa shape index (κ3) is 4.42. The van der Waals surface area contributed by atoms with Gasteiger partial charge in [-0.1, -0.05) is 18.2 Å². The number of likely N-dealkylation sites (tertiary alicyclic amines) is 1. The van der Waals surface area contributed by atoms with Gasteiger partial charge in [0.05, 0.1) is 5.69 Å². The van der Waals surface area contributed by atoms with Gasteiger partial charge in [-0.05, 0) is 44.4 Å². The molecule has 3 rings (SSSR count). The summed E-state index contributed by atoms with van der Waals surface area (Å²) in [6, 6.07) is 11.0. The lowest BCUT2D eigenvalue weighted by Gasteiger charge is -2.42. The number of ether oxygens (including phenoxy) is 1. The normalized spacial score (nSPS) is 16.0. The van der Waals surface area contributed by atoms with Crippen molar-refractivity contribution >= 4 is 11.8 Å². The van der Waals surface area contributed by atoms with Crippen LogP contribution >= 0.6 is 0 Å². The summed E-state index contributed by atoms with van der Waals surface area (Å²) in [5.41, 5.74) is 1.69. The van der Waals surface area contributed by atoms with E-state index in [0.29, 0.717) is 43.8 Å². The topological polar surface area (TPSA) is 76.5 Å². The molecule has 2 aromatic rings. The number of carbonyl (C=O) groups is 2. The Labute approximate surface area is 165 Å². The van der Waals surface area contributed by atoms with Crippen LogP contribution in [-0.2, 0) is 11.8 Å². The van der Waals surface area contributed by atoms with Gasteiger partial charge in [0.2, 0.25) is 0 Å². The van der Waals surface area contributed by atoms with E-state index in [1.165, 1.54) is 0 Å². The number of nitrogens with one attached hydrogen (secondary N) is 1. The summed E-state index contributed by atoms with van der Waals surface area (Å²) in [5, 5.41) is 7.49. The minimum Gasteiger partial charge on any atom is -0.385 e. The number of methoxy groups -OCH3 is 1. The van der Waals surface area contributed by atoms with Crippen molar-refractivity contribution in [3.8, 4) is 0 Å². The van der Waals surface area contributed by atoms with Gasteiger partial charge in [0.1, 0.15) is 5.69 Å². The molecule has 1 aliphatic rings. The molecule has 0 aliphatic carbocycles. The molecule has 150 valence electrons. The van der Waals surface area contributed by atoms with Crippen molar-refractivity contribution in [2.24, 2.45) is 7.05 Å². The second kappa shape index (κ2) is 8.56. The molecule has 0 radical (unpaired) electrons. The predicted molar refractivity (Wildman–Crippen MR) is 106 cm³/mol. The molecule has 7 heteroatoms. The molecule has 0 spiro atoms. The lowest BCUT2D eigenvalue weighted by Crippen LogP contribution is -2.56. The van der Waals surface area contributed by atoms with E-state index >= 15 is 0 Å². The first-order valence-corrected chi connectivity index (χ1v) is 9.60. The largest absolute Gasteiger partial charge is 0.385 e. The van der Waals surface area contributed by atoms with Crippen LogP contribution in [0.2, 0.25) is 0 Å². The van der Waals surface area contributed by atoms with Gasteiger partial charge < -0.3 is 15.0 Å². The van der Waals surface area contributed by atoms with Gasteiger partial charge in [-0.15, -0.1) is 0 Å². The van der Waals surface area contributed by atoms with Crippen LogP contribution in [-0.4, -0.2) is 58.8 Å². The summed E-state index contributed by atoms with van der Waals surface area (Å²) in [6.07, 6.45) is 2.10.